The van der Waals surface area contributed by atoms with Gasteiger partial charge in [0.2, 0.25) is 17.7 Å². The van der Waals surface area contributed by atoms with Crippen LogP contribution in [0.3, 0.4) is 0 Å². The SMILES string of the molecule is NC(N)=NCCCC(NC(=O)C(Cc1ccc(O)cc1)NC(=O)C(CS)NC(=O)C(N)Cc1ccc(O)cc1)C(=O)O. The molecule has 3 amide bonds. The van der Waals surface area contributed by atoms with Gasteiger partial charge >= 0.3 is 5.97 Å². The number of carbonyl (C=O) groups excluding carboxylic acids is 3. The molecule has 12 N–H and O–H groups in total. The van der Waals surface area contributed by atoms with Crippen molar-refractivity contribution in [1.29, 1.82) is 0 Å². The Hall–Kier alpha value is -4.50. The van der Waals surface area contributed by atoms with Crippen LogP contribution >= 0.6 is 12.6 Å². The molecular weight excluding hydrogens is 566 g/mol. The molecule has 0 aliphatic heterocycles. The van der Waals surface area contributed by atoms with Crippen molar-refractivity contribution < 1.29 is 34.5 Å². The number of hydrogen-bond acceptors (Lipinski definition) is 9. The highest BCUT2D eigenvalue weighted by molar-refractivity contribution is 7.80. The molecule has 42 heavy (non-hydrogen) atoms. The number of nitrogens with two attached hydrogens (primary N) is 3. The first-order valence-corrected chi connectivity index (χ1v) is 13.6. The van der Waals surface area contributed by atoms with Crippen molar-refractivity contribution in [1.82, 2.24) is 16.0 Å². The number of guanidine groups is 1. The average molecular weight is 604 g/mol. The molecule has 4 atom stereocenters. The lowest BCUT2D eigenvalue weighted by atomic mass is 10.0. The third kappa shape index (κ3) is 11.5. The largest absolute Gasteiger partial charge is 0.508 e. The number of thiol groups is 1. The summed E-state index contributed by atoms with van der Waals surface area (Å²) >= 11 is 4.16. The zero-order valence-corrected chi connectivity index (χ0v) is 23.7. The lowest BCUT2D eigenvalue weighted by molar-refractivity contribution is -0.142. The molecule has 2 aromatic carbocycles. The minimum Gasteiger partial charge on any atom is -0.508 e. The van der Waals surface area contributed by atoms with Crippen molar-refractivity contribution in [3.8, 4) is 11.5 Å². The second-order valence-corrected chi connectivity index (χ2v) is 9.87. The van der Waals surface area contributed by atoms with Gasteiger partial charge in [-0.05, 0) is 54.7 Å². The first-order chi connectivity index (χ1) is 19.9. The average Bonchev–Trinajstić information content (AvgIpc) is 2.94. The summed E-state index contributed by atoms with van der Waals surface area (Å²) in [6.45, 7) is 0.161. The number of carbonyl (C=O) groups is 4. The Kier molecular flexibility index (Phi) is 13.4. The summed E-state index contributed by atoms with van der Waals surface area (Å²) in [5.74, 6) is -3.65. The number of phenolic OH excluding ortho intramolecular Hbond substituents is 2. The molecule has 15 heteroatoms. The number of hydrogen-bond donors (Lipinski definition) is 10. The molecule has 0 heterocycles. The van der Waals surface area contributed by atoms with Crippen LogP contribution in [0, 0.1) is 0 Å². The Morgan fingerprint density at radius 2 is 1.24 bits per heavy atom. The van der Waals surface area contributed by atoms with Crippen molar-refractivity contribution in [3.63, 3.8) is 0 Å². The summed E-state index contributed by atoms with van der Waals surface area (Å²) in [5, 5.41) is 36.1. The third-order valence-corrected chi connectivity index (χ3v) is 6.48. The van der Waals surface area contributed by atoms with Crippen molar-refractivity contribution >= 4 is 42.3 Å². The van der Waals surface area contributed by atoms with E-state index in [1.165, 1.54) is 24.3 Å². The van der Waals surface area contributed by atoms with E-state index in [4.69, 9.17) is 17.2 Å². The normalized spacial score (nSPS) is 13.6. The van der Waals surface area contributed by atoms with E-state index in [2.05, 4.69) is 33.6 Å². The van der Waals surface area contributed by atoms with Gasteiger partial charge in [0.1, 0.15) is 29.6 Å². The molecule has 14 nitrogen and oxygen atoms in total. The van der Waals surface area contributed by atoms with Crippen LogP contribution in [0.15, 0.2) is 53.5 Å². The molecule has 0 saturated heterocycles. The van der Waals surface area contributed by atoms with E-state index < -0.39 is 47.9 Å². The van der Waals surface area contributed by atoms with Gasteiger partial charge in [-0.25, -0.2) is 4.79 Å². The van der Waals surface area contributed by atoms with E-state index in [0.29, 0.717) is 11.1 Å². The standard InChI is InChI=1S/C27H37N7O7S/c28-19(12-15-3-7-17(35)8-4-15)23(37)34-22(14-42)25(39)33-21(13-16-5-9-18(36)10-6-16)24(38)32-20(26(40)41)2-1-11-31-27(29)30/h3-10,19-22,35-36,42H,1-2,11-14,28H2,(H,32,38)(H,33,39)(H,34,37)(H,40,41)(H4,29,30,31). The van der Waals surface area contributed by atoms with E-state index in [1.807, 2.05) is 0 Å². The van der Waals surface area contributed by atoms with Gasteiger partial charge in [0.25, 0.3) is 0 Å². The maximum atomic E-state index is 13.2. The zero-order chi connectivity index (χ0) is 31.2. The van der Waals surface area contributed by atoms with Crippen LogP contribution in [-0.4, -0.2) is 81.4 Å². The van der Waals surface area contributed by atoms with Gasteiger partial charge in [-0.1, -0.05) is 24.3 Å². The summed E-state index contributed by atoms with van der Waals surface area (Å²) in [6, 6.07) is 7.33. The molecule has 4 unspecified atom stereocenters. The van der Waals surface area contributed by atoms with Gasteiger partial charge in [-0.3, -0.25) is 19.4 Å². The Morgan fingerprint density at radius 1 is 0.762 bits per heavy atom. The van der Waals surface area contributed by atoms with Gasteiger partial charge < -0.3 is 48.5 Å². The second-order valence-electron chi connectivity index (χ2n) is 9.50. The molecule has 0 spiro atoms. The number of aromatic hydroxyl groups is 2. The minimum absolute atomic E-state index is 0.00278. The van der Waals surface area contributed by atoms with Crippen LogP contribution < -0.4 is 33.2 Å². The van der Waals surface area contributed by atoms with Crippen molar-refractivity contribution in [3.05, 3.63) is 59.7 Å². The smallest absolute Gasteiger partial charge is 0.326 e. The van der Waals surface area contributed by atoms with E-state index in [1.54, 1.807) is 24.3 Å². The molecule has 0 aliphatic carbocycles. The zero-order valence-electron chi connectivity index (χ0n) is 22.8. The van der Waals surface area contributed by atoms with Crippen LogP contribution in [0.4, 0.5) is 0 Å². The lowest BCUT2D eigenvalue weighted by Gasteiger charge is -2.25. The Labute approximate surface area is 248 Å². The lowest BCUT2D eigenvalue weighted by Crippen LogP contribution is -2.58. The highest BCUT2D eigenvalue weighted by Gasteiger charge is 2.30. The van der Waals surface area contributed by atoms with Crippen LogP contribution in [0.1, 0.15) is 24.0 Å². The van der Waals surface area contributed by atoms with Crippen molar-refractivity contribution in [2.75, 3.05) is 12.3 Å². The van der Waals surface area contributed by atoms with E-state index >= 15 is 0 Å². The van der Waals surface area contributed by atoms with Crippen LogP contribution in [0.5, 0.6) is 11.5 Å². The molecule has 0 fully saturated rings. The Balaban J connectivity index is 2.13. The molecule has 0 radical (unpaired) electrons. The van der Waals surface area contributed by atoms with Crippen molar-refractivity contribution in [2.45, 2.75) is 49.9 Å². The number of aliphatic carboxylic acids is 1. The number of nitrogens with one attached hydrogen (secondary N) is 3. The molecule has 0 saturated carbocycles. The van der Waals surface area contributed by atoms with Gasteiger partial charge in [-0.2, -0.15) is 12.6 Å². The molecule has 0 aliphatic rings. The number of rotatable bonds is 16. The monoisotopic (exact) mass is 603 g/mol. The summed E-state index contributed by atoms with van der Waals surface area (Å²) in [6.07, 6.45) is 0.374. The molecule has 2 rings (SSSR count). The van der Waals surface area contributed by atoms with E-state index in [0.717, 1.165) is 0 Å². The minimum atomic E-state index is -1.29. The molecule has 0 aromatic heterocycles. The molecule has 2 aromatic rings. The topological polar surface area (TPSA) is 255 Å². The van der Waals surface area contributed by atoms with Crippen LogP contribution in [0.25, 0.3) is 0 Å². The highest BCUT2D eigenvalue weighted by Crippen LogP contribution is 2.13. The van der Waals surface area contributed by atoms with E-state index in [-0.39, 0.29) is 55.4 Å². The van der Waals surface area contributed by atoms with Crippen LogP contribution in [0.2, 0.25) is 0 Å². The van der Waals surface area contributed by atoms with Gasteiger partial charge in [0.05, 0.1) is 6.04 Å². The van der Waals surface area contributed by atoms with Crippen molar-refractivity contribution in [2.24, 2.45) is 22.2 Å². The summed E-state index contributed by atoms with van der Waals surface area (Å²) in [5.41, 5.74) is 17.8. The van der Waals surface area contributed by atoms with Gasteiger partial charge in [-0.15, -0.1) is 0 Å². The maximum Gasteiger partial charge on any atom is 0.326 e. The Bertz CT molecular complexity index is 1240. The molecule has 228 valence electrons. The number of aliphatic imine (C=N–C) groups is 1. The number of carboxylic acid groups (broad SMARTS) is 1. The fourth-order valence-corrected chi connectivity index (χ4v) is 4.09. The maximum absolute atomic E-state index is 13.2. The van der Waals surface area contributed by atoms with Gasteiger partial charge in [0.15, 0.2) is 5.96 Å². The second kappa shape index (κ2) is 16.7. The molecular formula is C27H37N7O7S. The first-order valence-electron chi connectivity index (χ1n) is 13.0. The number of benzene rings is 2. The third-order valence-electron chi connectivity index (χ3n) is 6.11. The quantitative estimate of drug-likeness (QED) is 0.0471. The van der Waals surface area contributed by atoms with E-state index in [9.17, 15) is 34.5 Å². The fourth-order valence-electron chi connectivity index (χ4n) is 3.83. The first kappa shape index (κ1) is 33.7. The molecule has 0 bridgehead atoms. The summed E-state index contributed by atoms with van der Waals surface area (Å²) in [4.78, 5) is 54.7. The fraction of sp³-hybridized carbons (Fsp3) is 0.370. The number of carboxylic acids is 1. The Morgan fingerprint density at radius 3 is 1.74 bits per heavy atom. The predicted molar refractivity (Wildman–Crippen MR) is 159 cm³/mol. The number of phenols is 2. The number of amides is 3. The number of nitrogens with zero attached hydrogens (tertiary/aromatic N) is 1. The van der Waals surface area contributed by atoms with Crippen LogP contribution in [-0.2, 0) is 32.0 Å². The summed E-state index contributed by atoms with van der Waals surface area (Å²) < 4.78 is 0. The summed E-state index contributed by atoms with van der Waals surface area (Å²) in [7, 11) is 0. The highest BCUT2D eigenvalue weighted by atomic mass is 32.1. The predicted octanol–water partition coefficient (Wildman–Crippen LogP) is -1.27. The van der Waals surface area contributed by atoms with Gasteiger partial charge in [0, 0.05) is 18.7 Å².